The van der Waals surface area contributed by atoms with Gasteiger partial charge in [-0.1, -0.05) is 0 Å². The van der Waals surface area contributed by atoms with Crippen molar-refractivity contribution in [2.24, 2.45) is 0 Å². The summed E-state index contributed by atoms with van der Waals surface area (Å²) in [6.45, 7) is 1.65. The minimum Gasteiger partial charge on any atom is -0.477 e. The Hall–Kier alpha value is -2.28. The first-order chi connectivity index (χ1) is 9.88. The first-order valence-electron chi connectivity index (χ1n) is 5.85. The van der Waals surface area contributed by atoms with Gasteiger partial charge in [-0.3, -0.25) is 4.79 Å². The van der Waals surface area contributed by atoms with Gasteiger partial charge in [0.25, 0.3) is 5.91 Å². The molecule has 5 nitrogen and oxygen atoms in total. The van der Waals surface area contributed by atoms with Gasteiger partial charge in [-0.2, -0.15) is 0 Å². The Labute approximate surface area is 128 Å². The number of aromatic carboxylic acids is 1. The molecule has 108 valence electrons. The number of anilines is 1. The molecule has 0 aliphatic rings. The van der Waals surface area contributed by atoms with Crippen LogP contribution in [-0.4, -0.2) is 22.0 Å². The number of rotatable bonds is 3. The molecule has 2 rings (SSSR count). The second-order valence-electron chi connectivity index (χ2n) is 4.27. The molecule has 21 heavy (non-hydrogen) atoms. The second kappa shape index (κ2) is 6.01. The predicted molar refractivity (Wildman–Crippen MR) is 78.0 cm³/mol. The van der Waals surface area contributed by atoms with E-state index in [4.69, 9.17) is 5.11 Å². The van der Waals surface area contributed by atoms with Gasteiger partial charge in [0.2, 0.25) is 0 Å². The van der Waals surface area contributed by atoms with Crippen LogP contribution < -0.4 is 5.32 Å². The van der Waals surface area contributed by atoms with Crippen LogP contribution in [0, 0.1) is 12.7 Å². The van der Waals surface area contributed by atoms with Crippen molar-refractivity contribution >= 4 is 33.5 Å². The highest BCUT2D eigenvalue weighted by atomic mass is 79.9. The third kappa shape index (κ3) is 3.43. The smallest absolute Gasteiger partial charge is 0.354 e. The zero-order valence-electron chi connectivity index (χ0n) is 10.9. The molecule has 0 saturated carbocycles. The highest BCUT2D eigenvalue weighted by Crippen LogP contribution is 2.24. The summed E-state index contributed by atoms with van der Waals surface area (Å²) in [6.07, 6.45) is 1.24. The van der Waals surface area contributed by atoms with E-state index < -0.39 is 17.7 Å². The van der Waals surface area contributed by atoms with E-state index in [0.29, 0.717) is 11.3 Å². The molecule has 0 saturated heterocycles. The average molecular weight is 353 g/mol. The number of halogens is 2. The van der Waals surface area contributed by atoms with Crippen molar-refractivity contribution in [2.75, 3.05) is 5.32 Å². The van der Waals surface area contributed by atoms with Gasteiger partial charge in [-0.15, -0.1) is 0 Å². The van der Waals surface area contributed by atoms with E-state index in [2.05, 4.69) is 26.2 Å². The van der Waals surface area contributed by atoms with Gasteiger partial charge >= 0.3 is 5.97 Å². The first kappa shape index (κ1) is 15.1. The third-order valence-corrected chi connectivity index (χ3v) is 3.36. The van der Waals surface area contributed by atoms with Crippen LogP contribution >= 0.6 is 15.9 Å². The fraction of sp³-hybridized carbons (Fsp3) is 0.0714. The number of aromatic nitrogens is 1. The Balaban J connectivity index is 2.28. The SMILES string of the molecule is Cc1cc(F)c(Br)cc1NC(=O)c1ccnc(C(=O)O)c1. The van der Waals surface area contributed by atoms with Crippen molar-refractivity contribution in [3.05, 3.63) is 57.6 Å². The number of hydrogen-bond acceptors (Lipinski definition) is 3. The van der Waals surface area contributed by atoms with Crippen LogP contribution in [0.4, 0.5) is 10.1 Å². The van der Waals surface area contributed by atoms with E-state index in [1.165, 1.54) is 30.5 Å². The standard InChI is InChI=1S/C14H10BrFN2O3/c1-7-4-10(16)9(15)6-11(7)18-13(19)8-2-3-17-12(5-8)14(20)21/h2-6H,1H3,(H,18,19)(H,20,21). The van der Waals surface area contributed by atoms with Crippen LogP contribution in [0.25, 0.3) is 0 Å². The summed E-state index contributed by atoms with van der Waals surface area (Å²) in [5.41, 5.74) is 0.917. The molecule has 0 radical (unpaired) electrons. The van der Waals surface area contributed by atoms with Crippen molar-refractivity contribution in [2.45, 2.75) is 6.92 Å². The van der Waals surface area contributed by atoms with Crippen LogP contribution in [0.3, 0.4) is 0 Å². The number of amides is 1. The monoisotopic (exact) mass is 352 g/mol. The summed E-state index contributed by atoms with van der Waals surface area (Å²) in [5, 5.41) is 11.5. The Morgan fingerprint density at radius 1 is 1.33 bits per heavy atom. The molecule has 0 spiro atoms. The van der Waals surface area contributed by atoms with Gasteiger partial charge in [0.05, 0.1) is 4.47 Å². The van der Waals surface area contributed by atoms with Gasteiger partial charge in [0.15, 0.2) is 0 Å². The minimum atomic E-state index is -1.22. The molecular weight excluding hydrogens is 343 g/mol. The van der Waals surface area contributed by atoms with Gasteiger partial charge < -0.3 is 10.4 Å². The number of carboxylic acids is 1. The van der Waals surface area contributed by atoms with Crippen molar-refractivity contribution < 1.29 is 19.1 Å². The Bertz CT molecular complexity index is 734. The van der Waals surface area contributed by atoms with E-state index >= 15 is 0 Å². The molecule has 1 aromatic heterocycles. The lowest BCUT2D eigenvalue weighted by Gasteiger charge is -2.10. The number of carbonyl (C=O) groups excluding carboxylic acids is 1. The van der Waals surface area contributed by atoms with Gasteiger partial charge in [-0.25, -0.2) is 14.2 Å². The number of nitrogens with zero attached hydrogens (tertiary/aromatic N) is 1. The first-order valence-corrected chi connectivity index (χ1v) is 6.64. The molecule has 1 aromatic carbocycles. The third-order valence-electron chi connectivity index (χ3n) is 2.76. The molecule has 0 unspecified atom stereocenters. The number of carboxylic acid groups (broad SMARTS) is 1. The van der Waals surface area contributed by atoms with Crippen LogP contribution in [0.1, 0.15) is 26.4 Å². The van der Waals surface area contributed by atoms with Crippen molar-refractivity contribution in [3.8, 4) is 0 Å². The lowest BCUT2D eigenvalue weighted by Crippen LogP contribution is -2.14. The fourth-order valence-corrected chi connectivity index (χ4v) is 2.01. The number of nitrogens with one attached hydrogen (secondary N) is 1. The normalized spacial score (nSPS) is 10.2. The maximum absolute atomic E-state index is 13.3. The molecule has 0 fully saturated rings. The Morgan fingerprint density at radius 2 is 2.05 bits per heavy atom. The largest absolute Gasteiger partial charge is 0.477 e. The molecule has 2 N–H and O–H groups in total. The second-order valence-corrected chi connectivity index (χ2v) is 5.12. The van der Waals surface area contributed by atoms with Gasteiger partial charge in [0, 0.05) is 17.4 Å². The van der Waals surface area contributed by atoms with E-state index in [-0.39, 0.29) is 15.7 Å². The van der Waals surface area contributed by atoms with Gasteiger partial charge in [-0.05, 0) is 52.7 Å². The summed E-state index contributed by atoms with van der Waals surface area (Å²) in [7, 11) is 0. The number of benzene rings is 1. The number of carbonyl (C=O) groups is 2. The summed E-state index contributed by atoms with van der Waals surface area (Å²) in [4.78, 5) is 26.6. The van der Waals surface area contributed by atoms with Gasteiger partial charge in [0.1, 0.15) is 11.5 Å². The lowest BCUT2D eigenvalue weighted by molar-refractivity contribution is 0.0690. The Kier molecular flexibility index (Phi) is 4.32. The Morgan fingerprint density at radius 3 is 2.71 bits per heavy atom. The molecule has 0 aliphatic heterocycles. The fourth-order valence-electron chi connectivity index (χ4n) is 1.66. The zero-order valence-corrected chi connectivity index (χ0v) is 12.4. The summed E-state index contributed by atoms with van der Waals surface area (Å²) in [5.74, 6) is -2.14. The van der Waals surface area contributed by atoms with Crippen molar-refractivity contribution in [1.29, 1.82) is 0 Å². The summed E-state index contributed by atoms with van der Waals surface area (Å²) < 4.78 is 13.6. The minimum absolute atomic E-state index is 0.155. The van der Waals surface area contributed by atoms with Crippen molar-refractivity contribution in [1.82, 2.24) is 4.98 Å². The predicted octanol–water partition coefficient (Wildman–Crippen LogP) is 3.24. The summed E-state index contributed by atoms with van der Waals surface area (Å²) >= 11 is 3.04. The molecular formula is C14H10BrFN2O3. The molecule has 1 amide bonds. The highest BCUT2D eigenvalue weighted by molar-refractivity contribution is 9.10. The maximum Gasteiger partial charge on any atom is 0.354 e. The molecule has 1 heterocycles. The van der Waals surface area contributed by atoms with Crippen LogP contribution in [0.2, 0.25) is 0 Å². The van der Waals surface area contributed by atoms with Crippen LogP contribution in [0.5, 0.6) is 0 Å². The number of pyridine rings is 1. The maximum atomic E-state index is 13.3. The number of aryl methyl sites for hydroxylation is 1. The number of hydrogen-bond donors (Lipinski definition) is 2. The quantitative estimate of drug-likeness (QED) is 0.888. The lowest BCUT2D eigenvalue weighted by atomic mass is 10.1. The highest BCUT2D eigenvalue weighted by Gasteiger charge is 2.13. The van der Waals surface area contributed by atoms with E-state index in [1.807, 2.05) is 0 Å². The van der Waals surface area contributed by atoms with E-state index in [1.54, 1.807) is 6.92 Å². The van der Waals surface area contributed by atoms with E-state index in [9.17, 15) is 14.0 Å². The summed E-state index contributed by atoms with van der Waals surface area (Å²) in [6, 6.07) is 5.30. The zero-order chi connectivity index (χ0) is 15.6. The topological polar surface area (TPSA) is 79.3 Å². The molecule has 0 atom stereocenters. The molecule has 0 aliphatic carbocycles. The van der Waals surface area contributed by atoms with E-state index in [0.717, 1.165) is 0 Å². The molecule has 2 aromatic rings. The average Bonchev–Trinajstić information content (AvgIpc) is 2.44. The van der Waals surface area contributed by atoms with Crippen molar-refractivity contribution in [3.63, 3.8) is 0 Å². The molecule has 0 bridgehead atoms. The molecule has 7 heteroatoms. The van der Waals surface area contributed by atoms with Crippen LogP contribution in [0.15, 0.2) is 34.9 Å². The van der Waals surface area contributed by atoms with Crippen LogP contribution in [-0.2, 0) is 0 Å².